The number of anilines is 1. The summed E-state index contributed by atoms with van der Waals surface area (Å²) in [6.45, 7) is 1.04. The van der Waals surface area contributed by atoms with E-state index in [1.54, 1.807) is 25.1 Å². The maximum atomic E-state index is 12.2. The molecule has 0 saturated carbocycles. The maximum absolute atomic E-state index is 12.2. The highest BCUT2D eigenvalue weighted by Crippen LogP contribution is 2.27. The zero-order valence-corrected chi connectivity index (χ0v) is 15.7. The summed E-state index contributed by atoms with van der Waals surface area (Å²) in [7, 11) is -1.37. The second kappa shape index (κ2) is 9.24. The molecule has 0 spiro atoms. The van der Waals surface area contributed by atoms with E-state index in [9.17, 15) is 23.9 Å². The van der Waals surface area contributed by atoms with E-state index in [0.29, 0.717) is 10.6 Å². The molecule has 1 amide bonds. The molecule has 0 saturated heterocycles. The number of nitro benzene ring substituents is 1. The summed E-state index contributed by atoms with van der Waals surface area (Å²) >= 11 is 5.79. The second-order valence-electron chi connectivity index (χ2n) is 5.17. The Balaban J connectivity index is 2.07. The van der Waals surface area contributed by atoms with Crippen molar-refractivity contribution >= 4 is 45.7 Å². The molecule has 0 unspecified atom stereocenters. The van der Waals surface area contributed by atoms with Crippen LogP contribution in [0.2, 0.25) is 5.02 Å². The Hall–Kier alpha value is -2.78. The molecule has 0 aromatic heterocycles. The number of nitrogens with zero attached hydrogens (tertiary/aromatic N) is 1. The minimum absolute atomic E-state index is 0.0965. The number of rotatable bonds is 7. The molecule has 0 aliphatic rings. The number of hydrogen-bond acceptors (Lipinski definition) is 6. The largest absolute Gasteiger partial charge is 0.452 e. The van der Waals surface area contributed by atoms with Gasteiger partial charge in [-0.1, -0.05) is 30.7 Å². The first-order chi connectivity index (χ1) is 12.8. The number of hydrogen-bond donors (Lipinski definition) is 1. The Morgan fingerprint density at radius 1 is 1.26 bits per heavy atom. The van der Waals surface area contributed by atoms with E-state index in [2.05, 4.69) is 5.32 Å². The molecule has 2 aromatic rings. The molecule has 0 heterocycles. The van der Waals surface area contributed by atoms with Gasteiger partial charge in [-0.05, 0) is 24.3 Å². The van der Waals surface area contributed by atoms with E-state index in [4.69, 9.17) is 16.3 Å². The molecule has 2 aromatic carbocycles. The third-order valence-corrected chi connectivity index (χ3v) is 4.98. The second-order valence-corrected chi connectivity index (χ2v) is 7.32. The van der Waals surface area contributed by atoms with Gasteiger partial charge >= 0.3 is 5.97 Å². The third-order valence-electron chi connectivity index (χ3n) is 3.38. The Kier molecular flexibility index (Phi) is 7.03. The number of halogens is 1. The fraction of sp³-hybridized carbons (Fsp3) is 0.176. The van der Waals surface area contributed by atoms with Crippen LogP contribution in [0.3, 0.4) is 0 Å². The van der Waals surface area contributed by atoms with Gasteiger partial charge in [0.1, 0.15) is 5.69 Å². The number of nitro groups is 1. The predicted molar refractivity (Wildman–Crippen MR) is 100 cm³/mol. The topological polar surface area (TPSA) is 116 Å². The van der Waals surface area contributed by atoms with Gasteiger partial charge in [0.2, 0.25) is 0 Å². The maximum Gasteiger partial charge on any atom is 0.339 e. The van der Waals surface area contributed by atoms with Crippen LogP contribution in [0.1, 0.15) is 17.3 Å². The van der Waals surface area contributed by atoms with Crippen molar-refractivity contribution in [2.45, 2.75) is 11.8 Å². The molecule has 0 aliphatic carbocycles. The number of amides is 1. The molecule has 1 N–H and O–H groups in total. The van der Waals surface area contributed by atoms with Crippen molar-refractivity contribution in [3.63, 3.8) is 0 Å². The van der Waals surface area contributed by atoms with Crippen LogP contribution >= 0.6 is 11.6 Å². The molecule has 2 rings (SSSR count). The van der Waals surface area contributed by atoms with Crippen LogP contribution in [-0.4, -0.2) is 33.4 Å². The van der Waals surface area contributed by atoms with Crippen molar-refractivity contribution in [2.24, 2.45) is 0 Å². The van der Waals surface area contributed by atoms with Crippen molar-refractivity contribution in [2.75, 3.05) is 17.7 Å². The van der Waals surface area contributed by atoms with Crippen LogP contribution in [0, 0.1) is 10.1 Å². The summed E-state index contributed by atoms with van der Waals surface area (Å²) in [4.78, 5) is 34.8. The number of esters is 1. The molecule has 0 bridgehead atoms. The van der Waals surface area contributed by atoms with Crippen molar-refractivity contribution < 1.29 is 23.5 Å². The molecule has 0 aliphatic heterocycles. The van der Waals surface area contributed by atoms with Gasteiger partial charge < -0.3 is 10.1 Å². The smallest absolute Gasteiger partial charge is 0.339 e. The van der Waals surface area contributed by atoms with Crippen molar-refractivity contribution in [1.82, 2.24) is 0 Å². The fourth-order valence-electron chi connectivity index (χ4n) is 2.15. The molecule has 0 fully saturated rings. The van der Waals surface area contributed by atoms with Crippen molar-refractivity contribution in [1.29, 1.82) is 0 Å². The average molecular weight is 411 g/mol. The van der Waals surface area contributed by atoms with Gasteiger partial charge in [-0.25, -0.2) is 4.79 Å². The summed E-state index contributed by atoms with van der Waals surface area (Å²) in [5, 5.41) is 13.5. The Labute approximate surface area is 162 Å². The zero-order valence-electron chi connectivity index (χ0n) is 14.1. The monoisotopic (exact) mass is 410 g/mol. The van der Waals surface area contributed by atoms with Gasteiger partial charge in [-0.3, -0.25) is 19.1 Å². The highest BCUT2D eigenvalue weighted by molar-refractivity contribution is 7.85. The molecular weight excluding hydrogens is 396 g/mol. The van der Waals surface area contributed by atoms with E-state index in [0.717, 1.165) is 6.07 Å². The van der Waals surface area contributed by atoms with E-state index in [-0.39, 0.29) is 22.0 Å². The van der Waals surface area contributed by atoms with E-state index in [1.807, 2.05) is 0 Å². The normalized spacial score (nSPS) is 11.5. The summed E-state index contributed by atoms with van der Waals surface area (Å²) in [5.74, 6) is -1.27. The molecule has 142 valence electrons. The zero-order chi connectivity index (χ0) is 20.0. The molecule has 1 atom stereocenters. The van der Waals surface area contributed by atoms with E-state index >= 15 is 0 Å². The first-order valence-electron chi connectivity index (χ1n) is 7.71. The molecule has 10 heteroatoms. The number of nitrogens with one attached hydrogen (secondary N) is 1. The van der Waals surface area contributed by atoms with Gasteiger partial charge in [-0.2, -0.15) is 0 Å². The summed E-state index contributed by atoms with van der Waals surface area (Å²) in [5.41, 5.74) is -0.358. The quantitative estimate of drug-likeness (QED) is 0.425. The van der Waals surface area contributed by atoms with Crippen LogP contribution in [0.15, 0.2) is 47.4 Å². The first kappa shape index (κ1) is 20.5. The first-order valence-corrected chi connectivity index (χ1v) is 9.41. The van der Waals surface area contributed by atoms with E-state index < -0.39 is 34.2 Å². The van der Waals surface area contributed by atoms with Crippen LogP contribution < -0.4 is 5.32 Å². The minimum Gasteiger partial charge on any atom is -0.452 e. The van der Waals surface area contributed by atoms with Crippen LogP contribution in [0.5, 0.6) is 0 Å². The van der Waals surface area contributed by atoms with E-state index in [1.165, 1.54) is 18.2 Å². The Bertz CT molecular complexity index is 918. The van der Waals surface area contributed by atoms with Crippen molar-refractivity contribution in [3.05, 3.63) is 63.2 Å². The predicted octanol–water partition coefficient (Wildman–Crippen LogP) is 3.17. The molecule has 0 radical (unpaired) electrons. The minimum atomic E-state index is -1.37. The Morgan fingerprint density at radius 2 is 1.96 bits per heavy atom. The summed E-state index contributed by atoms with van der Waals surface area (Å²) in [6.07, 6.45) is 0. The summed E-state index contributed by atoms with van der Waals surface area (Å²) in [6, 6.07) is 9.92. The highest BCUT2D eigenvalue weighted by Gasteiger charge is 2.19. The molecule has 8 nitrogen and oxygen atoms in total. The molecular formula is C17H15ClN2O6S. The number of carbonyl (C=O) groups is 2. The standard InChI is InChI=1S/C17H15ClN2O6S/c1-2-27(25)15-6-4-3-5-12(15)17(22)26-10-16(21)19-13-9-11(18)7-8-14(13)20(23)24/h3-9H,2,10H2,1H3,(H,19,21)/t27-/m1/s1. The van der Waals surface area contributed by atoms with Crippen LogP contribution in [0.25, 0.3) is 0 Å². The fourth-order valence-corrected chi connectivity index (χ4v) is 3.26. The van der Waals surface area contributed by atoms with Crippen LogP contribution in [-0.2, 0) is 20.3 Å². The lowest BCUT2D eigenvalue weighted by Gasteiger charge is -2.09. The lowest BCUT2D eigenvalue weighted by molar-refractivity contribution is -0.383. The summed E-state index contributed by atoms with van der Waals surface area (Å²) < 4.78 is 16.9. The number of carbonyl (C=O) groups excluding carboxylic acids is 2. The van der Waals surface area contributed by atoms with Gasteiger partial charge in [0.15, 0.2) is 6.61 Å². The van der Waals surface area contributed by atoms with Gasteiger partial charge in [0.05, 0.1) is 26.2 Å². The average Bonchev–Trinajstić information content (AvgIpc) is 2.65. The molecule has 27 heavy (non-hydrogen) atoms. The highest BCUT2D eigenvalue weighted by atomic mass is 35.5. The number of benzene rings is 2. The third kappa shape index (κ3) is 5.35. The van der Waals surface area contributed by atoms with Gasteiger partial charge in [0, 0.05) is 16.8 Å². The van der Waals surface area contributed by atoms with Crippen LogP contribution in [0.4, 0.5) is 11.4 Å². The SMILES string of the molecule is CC[S@@](=O)c1ccccc1C(=O)OCC(=O)Nc1cc(Cl)ccc1[N+](=O)[O-]. The lowest BCUT2D eigenvalue weighted by atomic mass is 10.2. The number of ether oxygens (including phenoxy) is 1. The van der Waals surface area contributed by atoms with Crippen molar-refractivity contribution in [3.8, 4) is 0 Å². The van der Waals surface area contributed by atoms with Gasteiger partial charge in [0.25, 0.3) is 11.6 Å². The Morgan fingerprint density at radius 3 is 2.63 bits per heavy atom. The van der Waals surface area contributed by atoms with Gasteiger partial charge in [-0.15, -0.1) is 0 Å². The lowest BCUT2D eigenvalue weighted by Crippen LogP contribution is -2.22.